The summed E-state index contributed by atoms with van der Waals surface area (Å²) in [4.78, 5) is 12.6. The number of likely N-dealkylation sites (tertiary alicyclic amines) is 1. The van der Waals surface area contributed by atoms with Crippen molar-refractivity contribution in [3.63, 3.8) is 0 Å². The van der Waals surface area contributed by atoms with Gasteiger partial charge in [0.25, 0.3) is 0 Å². The maximum Gasteiger partial charge on any atom is 0.199 e. The molecule has 5 nitrogen and oxygen atoms in total. The predicted octanol–water partition coefficient (Wildman–Crippen LogP) is 1.53. The van der Waals surface area contributed by atoms with Crippen LogP contribution in [0.2, 0.25) is 5.15 Å². The quantitative estimate of drug-likeness (QED) is 0.776. The van der Waals surface area contributed by atoms with Gasteiger partial charge in [-0.05, 0) is 25.9 Å². The minimum atomic E-state index is 0.359. The van der Waals surface area contributed by atoms with Crippen LogP contribution in [-0.4, -0.2) is 55.7 Å². The van der Waals surface area contributed by atoms with E-state index in [0.29, 0.717) is 16.8 Å². The smallest absolute Gasteiger partial charge is 0.199 e. The normalized spacial score (nSPS) is 20.1. The van der Waals surface area contributed by atoms with Crippen LogP contribution in [-0.2, 0) is 0 Å². The zero-order valence-corrected chi connectivity index (χ0v) is 11.8. The van der Waals surface area contributed by atoms with E-state index in [9.17, 15) is 0 Å². The van der Waals surface area contributed by atoms with Crippen LogP contribution in [0.1, 0.15) is 6.42 Å². The Kier molecular flexibility index (Phi) is 4.24. The molecule has 1 aromatic heterocycles. The van der Waals surface area contributed by atoms with Gasteiger partial charge in [-0.15, -0.1) is 0 Å². The molecule has 0 aliphatic carbocycles. The first-order valence-electron chi connectivity index (χ1n) is 6.06. The first-order chi connectivity index (χ1) is 8.61. The lowest BCUT2D eigenvalue weighted by atomic mass is 10.1. The van der Waals surface area contributed by atoms with Crippen LogP contribution in [0.25, 0.3) is 0 Å². The Hall–Kier alpha value is -1.07. The number of hydrogen-bond donors (Lipinski definition) is 0. The number of aromatic nitrogens is 2. The molecule has 0 radical (unpaired) electrons. The molecular formula is C12H19ClN4O. The van der Waals surface area contributed by atoms with Gasteiger partial charge in [-0.1, -0.05) is 11.6 Å². The summed E-state index contributed by atoms with van der Waals surface area (Å²) in [6, 6.07) is 0. The number of anilines is 1. The predicted molar refractivity (Wildman–Crippen MR) is 72.5 cm³/mol. The zero-order chi connectivity index (χ0) is 13.1. The number of halogens is 1. The second kappa shape index (κ2) is 5.71. The fourth-order valence-electron chi connectivity index (χ4n) is 2.44. The van der Waals surface area contributed by atoms with Crippen molar-refractivity contribution >= 4 is 17.4 Å². The van der Waals surface area contributed by atoms with E-state index in [4.69, 9.17) is 16.3 Å². The van der Waals surface area contributed by atoms with Gasteiger partial charge in [-0.3, -0.25) is 0 Å². The van der Waals surface area contributed by atoms with Gasteiger partial charge in [0, 0.05) is 20.1 Å². The molecule has 0 spiro atoms. The topological polar surface area (TPSA) is 41.5 Å². The summed E-state index contributed by atoms with van der Waals surface area (Å²) in [6.07, 6.45) is 2.69. The van der Waals surface area contributed by atoms with Crippen LogP contribution in [0.4, 0.5) is 5.82 Å². The Morgan fingerprint density at radius 2 is 2.33 bits per heavy atom. The summed E-state index contributed by atoms with van der Waals surface area (Å²) in [5.41, 5.74) is 0. The lowest BCUT2D eigenvalue weighted by Crippen LogP contribution is -2.28. The highest BCUT2D eigenvalue weighted by molar-refractivity contribution is 6.31. The third-order valence-electron chi connectivity index (χ3n) is 3.33. The van der Waals surface area contributed by atoms with Gasteiger partial charge < -0.3 is 14.5 Å². The van der Waals surface area contributed by atoms with Gasteiger partial charge in [-0.2, -0.15) is 0 Å². The number of rotatable bonds is 4. The molecule has 1 aliphatic heterocycles. The van der Waals surface area contributed by atoms with E-state index in [-0.39, 0.29) is 0 Å². The van der Waals surface area contributed by atoms with E-state index in [2.05, 4.69) is 26.8 Å². The Bertz CT molecular complexity index is 415. The van der Waals surface area contributed by atoms with Gasteiger partial charge in [-0.25, -0.2) is 9.97 Å². The zero-order valence-electron chi connectivity index (χ0n) is 11.1. The van der Waals surface area contributed by atoms with Crippen LogP contribution in [0.5, 0.6) is 5.75 Å². The summed E-state index contributed by atoms with van der Waals surface area (Å²) in [6.45, 7) is 3.25. The lowest BCUT2D eigenvalue weighted by molar-refractivity contribution is 0.393. The lowest BCUT2D eigenvalue weighted by Gasteiger charge is -2.23. The highest BCUT2D eigenvalue weighted by atomic mass is 35.5. The molecule has 1 aromatic rings. The van der Waals surface area contributed by atoms with E-state index < -0.39 is 0 Å². The van der Waals surface area contributed by atoms with E-state index in [1.807, 2.05) is 7.05 Å². The second-order valence-corrected chi connectivity index (χ2v) is 5.18. The molecule has 0 bridgehead atoms. The minimum absolute atomic E-state index is 0.359. The molecule has 0 saturated carbocycles. The SMILES string of the molecule is COc1c(Cl)ncnc1N(C)CC1CCN(C)C1. The Morgan fingerprint density at radius 3 is 2.94 bits per heavy atom. The fourth-order valence-corrected chi connectivity index (χ4v) is 2.65. The summed E-state index contributed by atoms with van der Waals surface area (Å²) in [5, 5.41) is 0.359. The van der Waals surface area contributed by atoms with Crippen molar-refractivity contribution in [2.75, 3.05) is 45.7 Å². The van der Waals surface area contributed by atoms with Crippen LogP contribution in [0.15, 0.2) is 6.33 Å². The van der Waals surface area contributed by atoms with E-state index in [1.54, 1.807) is 7.11 Å². The molecule has 100 valence electrons. The van der Waals surface area contributed by atoms with Gasteiger partial charge in [0.1, 0.15) is 6.33 Å². The highest BCUT2D eigenvalue weighted by Crippen LogP contribution is 2.31. The number of nitrogens with zero attached hydrogens (tertiary/aromatic N) is 4. The van der Waals surface area contributed by atoms with Crippen molar-refractivity contribution in [1.82, 2.24) is 14.9 Å². The molecule has 1 atom stereocenters. The van der Waals surface area contributed by atoms with Crippen molar-refractivity contribution in [2.45, 2.75) is 6.42 Å². The average molecular weight is 271 g/mol. The second-order valence-electron chi connectivity index (χ2n) is 4.82. The van der Waals surface area contributed by atoms with Gasteiger partial charge >= 0.3 is 0 Å². The summed E-state index contributed by atoms with van der Waals surface area (Å²) >= 11 is 6.00. The van der Waals surface area contributed by atoms with Crippen LogP contribution < -0.4 is 9.64 Å². The molecule has 2 rings (SSSR count). The number of hydrogen-bond acceptors (Lipinski definition) is 5. The van der Waals surface area contributed by atoms with E-state index in [0.717, 1.165) is 18.9 Å². The molecule has 1 unspecified atom stereocenters. The van der Waals surface area contributed by atoms with Crippen molar-refractivity contribution in [2.24, 2.45) is 5.92 Å². The van der Waals surface area contributed by atoms with E-state index in [1.165, 1.54) is 19.3 Å². The number of ether oxygens (including phenoxy) is 1. The largest absolute Gasteiger partial charge is 0.490 e. The molecule has 0 aromatic carbocycles. The molecule has 2 heterocycles. The number of methoxy groups -OCH3 is 1. The van der Waals surface area contributed by atoms with Crippen molar-refractivity contribution in [3.05, 3.63) is 11.5 Å². The molecule has 1 aliphatic rings. The third-order valence-corrected chi connectivity index (χ3v) is 3.60. The molecule has 18 heavy (non-hydrogen) atoms. The Balaban J connectivity index is 2.08. The maximum atomic E-state index is 6.00. The standard InChI is InChI=1S/C12H19ClN4O/c1-16-5-4-9(6-16)7-17(2)12-10(18-3)11(13)14-8-15-12/h8-9H,4-7H2,1-3H3. The Labute approximate surface area is 113 Å². The molecule has 0 N–H and O–H groups in total. The van der Waals surface area contributed by atoms with Gasteiger partial charge in [0.05, 0.1) is 7.11 Å². The van der Waals surface area contributed by atoms with Gasteiger partial charge in [0.15, 0.2) is 16.7 Å². The molecule has 1 saturated heterocycles. The highest BCUT2D eigenvalue weighted by Gasteiger charge is 2.23. The van der Waals surface area contributed by atoms with Gasteiger partial charge in [0.2, 0.25) is 0 Å². The fraction of sp³-hybridized carbons (Fsp3) is 0.667. The van der Waals surface area contributed by atoms with Crippen molar-refractivity contribution < 1.29 is 4.74 Å². The molecule has 6 heteroatoms. The molecule has 0 amide bonds. The minimum Gasteiger partial charge on any atom is -0.490 e. The summed E-state index contributed by atoms with van der Waals surface area (Å²) in [7, 11) is 5.76. The van der Waals surface area contributed by atoms with Crippen molar-refractivity contribution in [1.29, 1.82) is 0 Å². The summed E-state index contributed by atoms with van der Waals surface area (Å²) < 4.78 is 5.27. The maximum absolute atomic E-state index is 6.00. The first-order valence-corrected chi connectivity index (χ1v) is 6.43. The Morgan fingerprint density at radius 1 is 1.56 bits per heavy atom. The third kappa shape index (κ3) is 2.84. The summed E-state index contributed by atoms with van der Waals surface area (Å²) in [5.74, 6) is 1.97. The monoisotopic (exact) mass is 270 g/mol. The van der Waals surface area contributed by atoms with Crippen LogP contribution in [0, 0.1) is 5.92 Å². The molecule has 1 fully saturated rings. The van der Waals surface area contributed by atoms with Crippen molar-refractivity contribution in [3.8, 4) is 5.75 Å². The van der Waals surface area contributed by atoms with E-state index >= 15 is 0 Å². The van der Waals surface area contributed by atoms with Crippen LogP contribution in [0.3, 0.4) is 0 Å². The van der Waals surface area contributed by atoms with Crippen LogP contribution >= 0.6 is 11.6 Å². The average Bonchev–Trinajstić information content (AvgIpc) is 2.74. The first kappa shape index (κ1) is 13.4. The molecular weight excluding hydrogens is 252 g/mol.